The summed E-state index contributed by atoms with van der Waals surface area (Å²) in [5.74, 6) is 0.438. The van der Waals surface area contributed by atoms with Crippen LogP contribution in [-0.4, -0.2) is 35.8 Å². The van der Waals surface area contributed by atoms with Crippen molar-refractivity contribution in [3.05, 3.63) is 11.6 Å². The van der Waals surface area contributed by atoms with Gasteiger partial charge in [0.2, 0.25) is 11.8 Å². The predicted molar refractivity (Wildman–Crippen MR) is 60.7 cm³/mol. The number of piperazine rings is 1. The second kappa shape index (κ2) is 4.28. The van der Waals surface area contributed by atoms with Crippen molar-refractivity contribution in [3.63, 3.8) is 0 Å². The van der Waals surface area contributed by atoms with Crippen LogP contribution in [0.4, 0.5) is 0 Å². The Labute approximate surface area is 95.7 Å². The van der Waals surface area contributed by atoms with Crippen molar-refractivity contribution in [2.45, 2.75) is 32.7 Å². The first kappa shape index (κ1) is 11.2. The molecule has 1 aliphatic heterocycles. The van der Waals surface area contributed by atoms with Crippen LogP contribution >= 0.6 is 0 Å². The molecular formula is C12H18N2O2. The zero-order valence-corrected chi connectivity index (χ0v) is 9.82. The number of rotatable bonds is 3. The molecule has 1 unspecified atom stereocenters. The molecule has 0 spiro atoms. The van der Waals surface area contributed by atoms with Gasteiger partial charge in [-0.25, -0.2) is 0 Å². The first-order valence-electron chi connectivity index (χ1n) is 5.80. The molecule has 0 aromatic heterocycles. The average molecular weight is 222 g/mol. The molecule has 1 aliphatic carbocycles. The van der Waals surface area contributed by atoms with Gasteiger partial charge in [0, 0.05) is 6.54 Å². The van der Waals surface area contributed by atoms with E-state index in [4.69, 9.17) is 0 Å². The SMILES string of the molecule is CC(C)=CCN1C(=O)CNC(=O)C1C1CC1. The number of nitrogens with one attached hydrogen (secondary N) is 1. The highest BCUT2D eigenvalue weighted by Crippen LogP contribution is 2.36. The summed E-state index contributed by atoms with van der Waals surface area (Å²) in [5.41, 5.74) is 1.17. The lowest BCUT2D eigenvalue weighted by Gasteiger charge is -2.34. The number of carbonyl (C=O) groups excluding carboxylic acids is 2. The van der Waals surface area contributed by atoms with Crippen LogP contribution < -0.4 is 5.32 Å². The third kappa shape index (κ3) is 2.26. The first-order chi connectivity index (χ1) is 7.59. The number of hydrogen-bond acceptors (Lipinski definition) is 2. The Morgan fingerprint density at radius 3 is 2.69 bits per heavy atom. The molecule has 4 nitrogen and oxygen atoms in total. The Kier molecular flexibility index (Phi) is 2.99. The lowest BCUT2D eigenvalue weighted by Crippen LogP contribution is -2.59. The van der Waals surface area contributed by atoms with Gasteiger partial charge in [0.05, 0.1) is 6.54 Å². The van der Waals surface area contributed by atoms with Crippen molar-refractivity contribution in [1.29, 1.82) is 0 Å². The lowest BCUT2D eigenvalue weighted by molar-refractivity contribution is -0.145. The molecule has 1 saturated heterocycles. The van der Waals surface area contributed by atoms with E-state index in [-0.39, 0.29) is 24.4 Å². The summed E-state index contributed by atoms with van der Waals surface area (Å²) in [6.07, 6.45) is 4.14. The van der Waals surface area contributed by atoms with Crippen molar-refractivity contribution < 1.29 is 9.59 Å². The summed E-state index contributed by atoms with van der Waals surface area (Å²) in [7, 11) is 0. The zero-order chi connectivity index (χ0) is 11.7. The van der Waals surface area contributed by atoms with Crippen LogP contribution in [0.1, 0.15) is 26.7 Å². The number of carbonyl (C=O) groups is 2. The Morgan fingerprint density at radius 1 is 1.44 bits per heavy atom. The second-order valence-electron chi connectivity index (χ2n) is 4.83. The number of amides is 2. The highest BCUT2D eigenvalue weighted by molar-refractivity contribution is 5.95. The van der Waals surface area contributed by atoms with Crippen LogP contribution in [0, 0.1) is 5.92 Å². The van der Waals surface area contributed by atoms with Gasteiger partial charge >= 0.3 is 0 Å². The maximum absolute atomic E-state index is 11.8. The molecule has 0 radical (unpaired) electrons. The third-order valence-electron chi connectivity index (χ3n) is 3.10. The van der Waals surface area contributed by atoms with Gasteiger partial charge < -0.3 is 10.2 Å². The summed E-state index contributed by atoms with van der Waals surface area (Å²) in [6, 6.07) is -0.225. The minimum atomic E-state index is -0.225. The van der Waals surface area contributed by atoms with Gasteiger partial charge in [-0.05, 0) is 32.6 Å². The Morgan fingerprint density at radius 2 is 2.12 bits per heavy atom. The molecular weight excluding hydrogens is 204 g/mol. The van der Waals surface area contributed by atoms with E-state index in [0.717, 1.165) is 12.8 Å². The standard InChI is InChI=1S/C12H18N2O2/c1-8(2)5-6-14-10(15)7-13-12(16)11(14)9-3-4-9/h5,9,11H,3-4,6-7H2,1-2H3,(H,13,16). The van der Waals surface area contributed by atoms with E-state index in [2.05, 4.69) is 5.32 Å². The van der Waals surface area contributed by atoms with Gasteiger partial charge in [0.25, 0.3) is 0 Å². The molecule has 2 aliphatic rings. The van der Waals surface area contributed by atoms with Crippen LogP contribution in [0.15, 0.2) is 11.6 Å². The van der Waals surface area contributed by atoms with Gasteiger partial charge in [0.15, 0.2) is 0 Å². The highest BCUT2D eigenvalue weighted by Gasteiger charge is 2.44. The summed E-state index contributed by atoms with van der Waals surface area (Å²) in [5, 5.41) is 2.67. The molecule has 16 heavy (non-hydrogen) atoms. The molecule has 0 bridgehead atoms. The Balaban J connectivity index is 2.11. The van der Waals surface area contributed by atoms with E-state index >= 15 is 0 Å². The molecule has 2 amide bonds. The Hall–Kier alpha value is -1.32. The van der Waals surface area contributed by atoms with Crippen LogP contribution in [0.3, 0.4) is 0 Å². The largest absolute Gasteiger partial charge is 0.345 e. The molecule has 1 heterocycles. The van der Waals surface area contributed by atoms with E-state index in [0.29, 0.717) is 12.5 Å². The molecule has 1 N–H and O–H groups in total. The number of allylic oxidation sites excluding steroid dienone is 1. The second-order valence-corrected chi connectivity index (χ2v) is 4.83. The van der Waals surface area contributed by atoms with E-state index in [1.54, 1.807) is 4.90 Å². The average Bonchev–Trinajstić information content (AvgIpc) is 3.02. The fourth-order valence-electron chi connectivity index (χ4n) is 2.04. The topological polar surface area (TPSA) is 49.4 Å². The van der Waals surface area contributed by atoms with Crippen LogP contribution in [0.25, 0.3) is 0 Å². The smallest absolute Gasteiger partial charge is 0.243 e. The minimum Gasteiger partial charge on any atom is -0.345 e. The highest BCUT2D eigenvalue weighted by atomic mass is 16.2. The number of nitrogens with zero attached hydrogens (tertiary/aromatic N) is 1. The molecule has 4 heteroatoms. The van der Waals surface area contributed by atoms with Crippen molar-refractivity contribution in [1.82, 2.24) is 10.2 Å². The number of hydrogen-bond donors (Lipinski definition) is 1. The van der Waals surface area contributed by atoms with Gasteiger partial charge in [-0.1, -0.05) is 11.6 Å². The minimum absolute atomic E-state index is 0.0178. The first-order valence-corrected chi connectivity index (χ1v) is 5.80. The summed E-state index contributed by atoms with van der Waals surface area (Å²) in [4.78, 5) is 25.3. The summed E-state index contributed by atoms with van der Waals surface area (Å²) in [6.45, 7) is 4.72. The molecule has 1 atom stereocenters. The maximum atomic E-state index is 11.8. The maximum Gasteiger partial charge on any atom is 0.243 e. The van der Waals surface area contributed by atoms with Gasteiger partial charge in [-0.15, -0.1) is 0 Å². The quantitative estimate of drug-likeness (QED) is 0.714. The Bertz CT molecular complexity index is 341. The van der Waals surface area contributed by atoms with Crippen molar-refractivity contribution >= 4 is 11.8 Å². The van der Waals surface area contributed by atoms with Gasteiger partial charge in [-0.2, -0.15) is 0 Å². The van der Waals surface area contributed by atoms with Crippen molar-refractivity contribution in [2.75, 3.05) is 13.1 Å². The predicted octanol–water partition coefficient (Wildman–Crippen LogP) is 0.690. The molecule has 2 fully saturated rings. The summed E-state index contributed by atoms with van der Waals surface area (Å²) < 4.78 is 0. The van der Waals surface area contributed by atoms with Crippen LogP contribution in [0.5, 0.6) is 0 Å². The normalized spacial score (nSPS) is 25.4. The van der Waals surface area contributed by atoms with Crippen LogP contribution in [0.2, 0.25) is 0 Å². The van der Waals surface area contributed by atoms with E-state index in [1.807, 2.05) is 19.9 Å². The fraction of sp³-hybridized carbons (Fsp3) is 0.667. The monoisotopic (exact) mass is 222 g/mol. The van der Waals surface area contributed by atoms with Crippen molar-refractivity contribution in [3.8, 4) is 0 Å². The molecule has 88 valence electrons. The van der Waals surface area contributed by atoms with Gasteiger partial charge in [0.1, 0.15) is 6.04 Å². The van der Waals surface area contributed by atoms with E-state index in [1.165, 1.54) is 5.57 Å². The van der Waals surface area contributed by atoms with E-state index < -0.39 is 0 Å². The van der Waals surface area contributed by atoms with Gasteiger partial charge in [-0.3, -0.25) is 9.59 Å². The molecule has 2 rings (SSSR count). The lowest BCUT2D eigenvalue weighted by atomic mass is 10.1. The fourth-order valence-corrected chi connectivity index (χ4v) is 2.04. The third-order valence-corrected chi connectivity index (χ3v) is 3.10. The molecule has 1 saturated carbocycles. The summed E-state index contributed by atoms with van der Waals surface area (Å²) >= 11 is 0. The van der Waals surface area contributed by atoms with Crippen LogP contribution in [-0.2, 0) is 9.59 Å². The molecule has 0 aromatic carbocycles. The molecule has 0 aromatic rings. The van der Waals surface area contributed by atoms with Crippen molar-refractivity contribution in [2.24, 2.45) is 5.92 Å². The zero-order valence-electron chi connectivity index (χ0n) is 9.82. The van der Waals surface area contributed by atoms with E-state index in [9.17, 15) is 9.59 Å².